The molecule has 0 unspecified atom stereocenters. The van der Waals surface area contributed by atoms with Crippen LogP contribution in [0.1, 0.15) is 27.5 Å². The molecule has 2 aromatic rings. The first-order chi connectivity index (χ1) is 9.13. The number of fused-ring (bicyclic) bond motifs is 1. The van der Waals surface area contributed by atoms with Gasteiger partial charge in [-0.2, -0.15) is 0 Å². The third-order valence-electron chi connectivity index (χ3n) is 3.47. The van der Waals surface area contributed by atoms with Crippen LogP contribution in [-0.4, -0.2) is 21.5 Å². The molecular formula is C13H16N4OS. The summed E-state index contributed by atoms with van der Waals surface area (Å²) in [5.74, 6) is -0.0153. The van der Waals surface area contributed by atoms with Crippen molar-refractivity contribution in [3.63, 3.8) is 0 Å². The molecule has 100 valence electrons. The number of nitrogens with two attached hydrogens (primary N) is 1. The van der Waals surface area contributed by atoms with Gasteiger partial charge >= 0.3 is 0 Å². The molecule has 0 radical (unpaired) electrons. The number of carbonyl (C=O) groups is 1. The molecule has 19 heavy (non-hydrogen) atoms. The molecule has 3 N–H and O–H groups in total. The molecule has 0 aliphatic heterocycles. The molecule has 3 rings (SSSR count). The maximum atomic E-state index is 12.1. The molecule has 0 fully saturated rings. The van der Waals surface area contributed by atoms with Crippen molar-refractivity contribution in [2.24, 2.45) is 7.05 Å². The van der Waals surface area contributed by atoms with E-state index in [1.54, 1.807) is 0 Å². The van der Waals surface area contributed by atoms with E-state index in [2.05, 4.69) is 10.3 Å². The molecule has 1 aliphatic rings. The van der Waals surface area contributed by atoms with Crippen LogP contribution in [0.15, 0.2) is 18.3 Å². The lowest BCUT2D eigenvalue weighted by Gasteiger charge is -2.22. The Bertz CT molecular complexity index is 616. The molecule has 1 amide bonds. The Kier molecular flexibility index (Phi) is 3.02. The maximum Gasteiger partial charge on any atom is 0.268 e. The summed E-state index contributed by atoms with van der Waals surface area (Å²) in [5, 5.41) is 3.71. The number of anilines is 1. The Morgan fingerprint density at radius 2 is 2.47 bits per heavy atom. The van der Waals surface area contributed by atoms with Crippen molar-refractivity contribution in [1.82, 2.24) is 14.9 Å². The summed E-state index contributed by atoms with van der Waals surface area (Å²) < 4.78 is 1.83. The molecule has 2 aromatic heterocycles. The Morgan fingerprint density at radius 3 is 3.21 bits per heavy atom. The number of thiazole rings is 1. The first-order valence-electron chi connectivity index (χ1n) is 6.29. The smallest absolute Gasteiger partial charge is 0.268 e. The summed E-state index contributed by atoms with van der Waals surface area (Å²) in [4.78, 5) is 17.7. The van der Waals surface area contributed by atoms with Crippen LogP contribution in [-0.2, 0) is 19.9 Å². The van der Waals surface area contributed by atoms with E-state index >= 15 is 0 Å². The second-order valence-electron chi connectivity index (χ2n) is 4.84. The number of hydrogen-bond donors (Lipinski definition) is 2. The zero-order valence-corrected chi connectivity index (χ0v) is 11.5. The zero-order chi connectivity index (χ0) is 13.4. The second kappa shape index (κ2) is 4.70. The molecule has 1 aliphatic carbocycles. The average Bonchev–Trinajstić information content (AvgIpc) is 2.93. The fourth-order valence-corrected chi connectivity index (χ4v) is 3.43. The van der Waals surface area contributed by atoms with Crippen molar-refractivity contribution < 1.29 is 4.79 Å². The molecule has 0 spiro atoms. The summed E-state index contributed by atoms with van der Waals surface area (Å²) in [6.45, 7) is 0. The van der Waals surface area contributed by atoms with E-state index in [1.807, 2.05) is 29.9 Å². The number of nitrogens with one attached hydrogen (secondary N) is 1. The minimum absolute atomic E-state index is 0.0153. The number of aromatic nitrogens is 2. The fourth-order valence-electron chi connectivity index (χ4n) is 2.47. The fraction of sp³-hybridized carbons (Fsp3) is 0.385. The quantitative estimate of drug-likeness (QED) is 0.869. The van der Waals surface area contributed by atoms with E-state index in [1.165, 1.54) is 16.2 Å². The summed E-state index contributed by atoms with van der Waals surface area (Å²) >= 11 is 1.53. The van der Waals surface area contributed by atoms with Crippen molar-refractivity contribution in [1.29, 1.82) is 0 Å². The van der Waals surface area contributed by atoms with E-state index in [9.17, 15) is 4.79 Å². The number of carbonyl (C=O) groups excluding carboxylic acids is 1. The SMILES string of the molecule is Cn1cccc1C(=O)N[C@H]1CCc2nc(N)sc2C1. The van der Waals surface area contributed by atoms with Gasteiger partial charge in [0.2, 0.25) is 0 Å². The van der Waals surface area contributed by atoms with Crippen molar-refractivity contribution >= 4 is 22.4 Å². The standard InChI is InChI=1S/C13H16N4OS/c1-17-6-2-3-10(17)12(18)15-8-4-5-9-11(7-8)19-13(14)16-9/h2-3,6,8H,4-5,7H2,1H3,(H2,14,16)(H,15,18)/t8-/m0/s1. The van der Waals surface area contributed by atoms with Gasteiger partial charge in [-0.1, -0.05) is 0 Å². The van der Waals surface area contributed by atoms with Crippen molar-refractivity contribution in [3.8, 4) is 0 Å². The minimum Gasteiger partial charge on any atom is -0.375 e. The van der Waals surface area contributed by atoms with E-state index in [4.69, 9.17) is 5.73 Å². The third-order valence-corrected chi connectivity index (χ3v) is 4.42. The van der Waals surface area contributed by atoms with Gasteiger partial charge in [0.25, 0.3) is 5.91 Å². The normalized spacial score (nSPS) is 18.1. The Balaban J connectivity index is 1.69. The molecule has 0 saturated heterocycles. The number of nitrogens with zero attached hydrogens (tertiary/aromatic N) is 2. The first-order valence-corrected chi connectivity index (χ1v) is 7.11. The third kappa shape index (κ3) is 2.35. The maximum absolute atomic E-state index is 12.1. The average molecular weight is 276 g/mol. The summed E-state index contributed by atoms with van der Waals surface area (Å²) in [7, 11) is 1.87. The van der Waals surface area contributed by atoms with Crippen LogP contribution >= 0.6 is 11.3 Å². The zero-order valence-electron chi connectivity index (χ0n) is 10.7. The van der Waals surface area contributed by atoms with E-state index in [0.29, 0.717) is 10.8 Å². The molecule has 2 heterocycles. The number of aryl methyl sites for hydroxylation is 2. The van der Waals surface area contributed by atoms with Gasteiger partial charge in [-0.3, -0.25) is 4.79 Å². The highest BCUT2D eigenvalue weighted by atomic mass is 32.1. The number of rotatable bonds is 2. The largest absolute Gasteiger partial charge is 0.375 e. The summed E-state index contributed by atoms with van der Waals surface area (Å²) in [6.07, 6.45) is 4.52. The van der Waals surface area contributed by atoms with Gasteiger partial charge in [0.15, 0.2) is 5.13 Å². The van der Waals surface area contributed by atoms with Crippen LogP contribution in [0, 0.1) is 0 Å². The second-order valence-corrected chi connectivity index (χ2v) is 5.95. The van der Waals surface area contributed by atoms with Gasteiger partial charge in [-0.15, -0.1) is 11.3 Å². The van der Waals surface area contributed by atoms with Gasteiger partial charge in [-0.25, -0.2) is 4.98 Å². The van der Waals surface area contributed by atoms with Crippen LogP contribution in [0.25, 0.3) is 0 Å². The predicted octanol–water partition coefficient (Wildman–Crippen LogP) is 1.35. The van der Waals surface area contributed by atoms with E-state index in [-0.39, 0.29) is 11.9 Å². The minimum atomic E-state index is -0.0153. The lowest BCUT2D eigenvalue weighted by molar-refractivity contribution is 0.0925. The van der Waals surface area contributed by atoms with E-state index in [0.717, 1.165) is 25.0 Å². The summed E-state index contributed by atoms with van der Waals surface area (Å²) in [6, 6.07) is 3.88. The lowest BCUT2D eigenvalue weighted by Crippen LogP contribution is -2.39. The highest BCUT2D eigenvalue weighted by Crippen LogP contribution is 2.28. The Morgan fingerprint density at radius 1 is 1.63 bits per heavy atom. The molecule has 6 heteroatoms. The van der Waals surface area contributed by atoms with Gasteiger partial charge < -0.3 is 15.6 Å². The van der Waals surface area contributed by atoms with Crippen LogP contribution < -0.4 is 11.1 Å². The lowest BCUT2D eigenvalue weighted by atomic mass is 9.97. The van der Waals surface area contributed by atoms with Crippen molar-refractivity contribution in [2.45, 2.75) is 25.3 Å². The highest BCUT2D eigenvalue weighted by molar-refractivity contribution is 7.15. The molecular weight excluding hydrogens is 260 g/mol. The highest BCUT2D eigenvalue weighted by Gasteiger charge is 2.24. The van der Waals surface area contributed by atoms with Crippen LogP contribution in [0.4, 0.5) is 5.13 Å². The summed E-state index contributed by atoms with van der Waals surface area (Å²) in [5.41, 5.74) is 7.51. The van der Waals surface area contributed by atoms with Crippen LogP contribution in [0.5, 0.6) is 0 Å². The predicted molar refractivity (Wildman–Crippen MR) is 75.2 cm³/mol. The monoisotopic (exact) mass is 276 g/mol. The molecule has 5 nitrogen and oxygen atoms in total. The number of amides is 1. The van der Waals surface area contributed by atoms with Gasteiger partial charge in [0.1, 0.15) is 5.69 Å². The van der Waals surface area contributed by atoms with Gasteiger partial charge in [0, 0.05) is 30.6 Å². The van der Waals surface area contributed by atoms with E-state index < -0.39 is 0 Å². The van der Waals surface area contributed by atoms with Crippen LogP contribution in [0.3, 0.4) is 0 Å². The topological polar surface area (TPSA) is 72.9 Å². The van der Waals surface area contributed by atoms with Gasteiger partial charge in [-0.05, 0) is 25.0 Å². The van der Waals surface area contributed by atoms with Gasteiger partial charge in [0.05, 0.1) is 5.69 Å². The molecule has 0 bridgehead atoms. The number of hydrogen-bond acceptors (Lipinski definition) is 4. The number of nitrogen functional groups attached to an aromatic ring is 1. The van der Waals surface area contributed by atoms with Crippen molar-refractivity contribution in [3.05, 3.63) is 34.6 Å². The molecule has 0 aromatic carbocycles. The Labute approximate surface area is 115 Å². The first kappa shape index (κ1) is 12.2. The molecule has 1 atom stereocenters. The van der Waals surface area contributed by atoms with Crippen molar-refractivity contribution in [2.75, 3.05) is 5.73 Å². The molecule has 0 saturated carbocycles. The Hall–Kier alpha value is -1.82. The van der Waals surface area contributed by atoms with Crippen LogP contribution in [0.2, 0.25) is 0 Å².